The molecule has 1 atom stereocenters. The maximum absolute atomic E-state index is 12.6. The normalized spacial score (nSPS) is 21.0. The number of hydrogen-bond donors (Lipinski definition) is 1. The van der Waals surface area contributed by atoms with Crippen LogP contribution in [0, 0.1) is 0 Å². The minimum Gasteiger partial charge on any atom is -0.341 e. The Morgan fingerprint density at radius 2 is 1.82 bits per heavy atom. The van der Waals surface area contributed by atoms with Crippen molar-refractivity contribution in [2.75, 3.05) is 24.5 Å². The Kier molecular flexibility index (Phi) is 4.98. The van der Waals surface area contributed by atoms with Crippen LogP contribution >= 0.6 is 0 Å². The van der Waals surface area contributed by atoms with E-state index in [0.717, 1.165) is 31.9 Å². The first kappa shape index (κ1) is 18.4. The van der Waals surface area contributed by atoms with Crippen molar-refractivity contribution in [1.29, 1.82) is 0 Å². The van der Waals surface area contributed by atoms with Gasteiger partial charge in [0.05, 0.1) is 11.6 Å². The van der Waals surface area contributed by atoms with Gasteiger partial charge in [0, 0.05) is 44.0 Å². The smallest absolute Gasteiger partial charge is 0.318 e. The minimum absolute atomic E-state index is 0.0439. The van der Waals surface area contributed by atoms with Gasteiger partial charge in [0.1, 0.15) is 0 Å². The molecule has 1 N–H and O–H groups in total. The molecule has 1 aromatic heterocycles. The van der Waals surface area contributed by atoms with E-state index in [0.29, 0.717) is 18.5 Å². The second-order valence-corrected chi connectivity index (χ2v) is 7.53. The summed E-state index contributed by atoms with van der Waals surface area (Å²) in [6.07, 6.45) is 5.50. The Hall–Kier alpha value is -2.96. The molecule has 2 aliphatic rings. The quantitative estimate of drug-likeness (QED) is 0.808. The predicted molar refractivity (Wildman–Crippen MR) is 106 cm³/mol. The van der Waals surface area contributed by atoms with E-state index in [2.05, 4.69) is 27.1 Å². The third kappa shape index (κ3) is 3.44. The van der Waals surface area contributed by atoms with E-state index in [1.165, 1.54) is 0 Å². The number of nitrogens with one attached hydrogen (secondary N) is 1. The predicted octanol–water partition coefficient (Wildman–Crippen LogP) is 2.50. The van der Waals surface area contributed by atoms with Crippen LogP contribution in [-0.2, 0) is 0 Å². The largest absolute Gasteiger partial charge is 0.341 e. The van der Waals surface area contributed by atoms with Gasteiger partial charge in [0.2, 0.25) is 5.95 Å². The second-order valence-electron chi connectivity index (χ2n) is 7.53. The average Bonchev–Trinajstić information content (AvgIpc) is 2.97. The van der Waals surface area contributed by atoms with Crippen molar-refractivity contribution >= 4 is 17.8 Å². The van der Waals surface area contributed by atoms with E-state index in [1.54, 1.807) is 12.4 Å². The number of anilines is 1. The molecule has 0 bridgehead atoms. The fourth-order valence-electron chi connectivity index (χ4n) is 4.25. The molecule has 3 heterocycles. The van der Waals surface area contributed by atoms with Crippen LogP contribution in [-0.4, -0.2) is 57.9 Å². The lowest BCUT2D eigenvalue weighted by molar-refractivity contribution is 0.0963. The van der Waals surface area contributed by atoms with E-state index in [9.17, 15) is 9.59 Å². The van der Waals surface area contributed by atoms with Crippen LogP contribution in [0.3, 0.4) is 0 Å². The first-order valence-corrected chi connectivity index (χ1v) is 9.78. The highest BCUT2D eigenvalue weighted by molar-refractivity contribution is 5.96. The molecule has 2 fully saturated rings. The Morgan fingerprint density at radius 1 is 1.14 bits per heavy atom. The number of ketones is 1. The molecule has 0 saturated carbocycles. The van der Waals surface area contributed by atoms with Crippen molar-refractivity contribution in [3.05, 3.63) is 54.4 Å². The maximum atomic E-state index is 12.6. The number of rotatable bonds is 5. The fourth-order valence-corrected chi connectivity index (χ4v) is 4.25. The van der Waals surface area contributed by atoms with Gasteiger partial charge in [0.15, 0.2) is 5.78 Å². The molecule has 146 valence electrons. The summed E-state index contributed by atoms with van der Waals surface area (Å²) in [6.45, 7) is 4.12. The Morgan fingerprint density at radius 3 is 2.50 bits per heavy atom. The van der Waals surface area contributed by atoms with E-state index in [1.807, 2.05) is 41.3 Å². The van der Waals surface area contributed by atoms with E-state index in [-0.39, 0.29) is 23.4 Å². The summed E-state index contributed by atoms with van der Waals surface area (Å²) in [4.78, 5) is 37.6. The monoisotopic (exact) mass is 379 g/mol. The van der Waals surface area contributed by atoms with Gasteiger partial charge >= 0.3 is 6.03 Å². The van der Waals surface area contributed by atoms with Crippen molar-refractivity contribution < 1.29 is 9.59 Å². The molecule has 2 saturated heterocycles. The maximum Gasteiger partial charge on any atom is 0.318 e. The molecule has 28 heavy (non-hydrogen) atoms. The van der Waals surface area contributed by atoms with Crippen molar-refractivity contribution in [1.82, 2.24) is 20.2 Å². The summed E-state index contributed by atoms with van der Waals surface area (Å²) < 4.78 is 0. The molecular weight excluding hydrogens is 354 g/mol. The number of amides is 2. The number of piperidine rings is 1. The van der Waals surface area contributed by atoms with E-state index >= 15 is 0 Å². The number of hydrogen-bond acceptors (Lipinski definition) is 5. The molecule has 7 nitrogen and oxygen atoms in total. The highest BCUT2D eigenvalue weighted by Gasteiger charge is 2.50. The summed E-state index contributed by atoms with van der Waals surface area (Å²) >= 11 is 0. The van der Waals surface area contributed by atoms with Gasteiger partial charge in [-0.1, -0.05) is 30.3 Å². The molecule has 0 radical (unpaired) electrons. The number of Topliss-reactive ketones (excluding diaryl/α,β-unsaturated/α-hetero) is 1. The number of urea groups is 1. The SMILES string of the molecule is CC1N(CCC(=O)c2ccccc2)C(=O)NC12CCN(c1ncccn1)CC2. The van der Waals surface area contributed by atoms with Gasteiger partial charge in [-0.3, -0.25) is 4.79 Å². The summed E-state index contributed by atoms with van der Waals surface area (Å²) in [7, 11) is 0. The van der Waals surface area contributed by atoms with Gasteiger partial charge in [-0.2, -0.15) is 0 Å². The van der Waals surface area contributed by atoms with Gasteiger partial charge in [-0.15, -0.1) is 0 Å². The Labute approximate surface area is 164 Å². The molecule has 2 aliphatic heterocycles. The first-order chi connectivity index (χ1) is 13.6. The van der Waals surface area contributed by atoms with Crippen molar-refractivity contribution in [3.63, 3.8) is 0 Å². The lowest BCUT2D eigenvalue weighted by Crippen LogP contribution is -2.56. The van der Waals surface area contributed by atoms with Gasteiger partial charge < -0.3 is 15.1 Å². The Balaban J connectivity index is 1.37. The second kappa shape index (κ2) is 7.58. The number of carbonyl (C=O) groups excluding carboxylic acids is 2. The highest BCUT2D eigenvalue weighted by Crippen LogP contribution is 2.34. The average molecular weight is 379 g/mol. The van der Waals surface area contributed by atoms with Gasteiger partial charge in [-0.05, 0) is 25.8 Å². The molecule has 1 spiro atoms. The van der Waals surface area contributed by atoms with Crippen molar-refractivity contribution in [2.45, 2.75) is 37.8 Å². The zero-order valence-corrected chi connectivity index (χ0v) is 16.0. The molecule has 7 heteroatoms. The zero-order chi connectivity index (χ0) is 19.6. The van der Waals surface area contributed by atoms with Crippen molar-refractivity contribution in [3.8, 4) is 0 Å². The van der Waals surface area contributed by atoms with Crippen LogP contribution in [0.1, 0.15) is 36.5 Å². The lowest BCUT2D eigenvalue weighted by atomic mass is 9.82. The van der Waals surface area contributed by atoms with Crippen LogP contribution < -0.4 is 10.2 Å². The molecular formula is C21H25N5O2. The van der Waals surface area contributed by atoms with Crippen molar-refractivity contribution in [2.24, 2.45) is 0 Å². The summed E-state index contributed by atoms with van der Waals surface area (Å²) in [5, 5.41) is 3.21. The topological polar surface area (TPSA) is 78.4 Å². The standard InChI is InChI=1S/C21H25N5O2/c1-16-21(9-14-25(15-10-21)19-22-11-5-12-23-19)24-20(28)26(16)13-8-18(27)17-6-3-2-4-7-17/h2-7,11-12,16H,8-10,13-15H2,1H3,(H,24,28). The molecule has 2 aromatic rings. The van der Waals surface area contributed by atoms with Gasteiger partial charge in [-0.25, -0.2) is 14.8 Å². The molecule has 2 amide bonds. The van der Waals surface area contributed by atoms with E-state index < -0.39 is 0 Å². The third-order valence-corrected chi connectivity index (χ3v) is 6.05. The molecule has 0 aliphatic carbocycles. The third-order valence-electron chi connectivity index (χ3n) is 6.05. The molecule has 4 rings (SSSR count). The van der Waals surface area contributed by atoms with Crippen LogP contribution in [0.5, 0.6) is 0 Å². The Bertz CT molecular complexity index is 834. The van der Waals surface area contributed by atoms with E-state index in [4.69, 9.17) is 0 Å². The van der Waals surface area contributed by atoms with Crippen LogP contribution in [0.15, 0.2) is 48.8 Å². The molecule has 1 unspecified atom stereocenters. The number of aromatic nitrogens is 2. The molecule has 1 aromatic carbocycles. The number of carbonyl (C=O) groups is 2. The number of nitrogens with zero attached hydrogens (tertiary/aromatic N) is 4. The van der Waals surface area contributed by atoms with Crippen LogP contribution in [0.25, 0.3) is 0 Å². The summed E-state index contributed by atoms with van der Waals surface area (Å²) in [5.74, 6) is 0.803. The summed E-state index contributed by atoms with van der Waals surface area (Å²) in [5.41, 5.74) is 0.443. The highest BCUT2D eigenvalue weighted by atomic mass is 16.2. The van der Waals surface area contributed by atoms with Crippen LogP contribution in [0.2, 0.25) is 0 Å². The zero-order valence-electron chi connectivity index (χ0n) is 16.0. The summed E-state index contributed by atoms with van der Waals surface area (Å²) in [6, 6.07) is 11.0. The lowest BCUT2D eigenvalue weighted by Gasteiger charge is -2.42. The number of benzene rings is 1. The minimum atomic E-state index is -0.252. The van der Waals surface area contributed by atoms with Gasteiger partial charge in [0.25, 0.3) is 0 Å². The fraction of sp³-hybridized carbons (Fsp3) is 0.429. The first-order valence-electron chi connectivity index (χ1n) is 9.78. The van der Waals surface area contributed by atoms with Crippen LogP contribution in [0.4, 0.5) is 10.7 Å².